The lowest BCUT2D eigenvalue weighted by molar-refractivity contribution is -0.137. The minimum Gasteiger partial charge on any atom is -0.497 e. The summed E-state index contributed by atoms with van der Waals surface area (Å²) in [4.78, 5) is 33.5. The number of amides is 2. The summed E-state index contributed by atoms with van der Waals surface area (Å²) >= 11 is 0. The minimum absolute atomic E-state index is 0.111. The molecule has 1 N–H and O–H groups in total. The van der Waals surface area contributed by atoms with Crippen LogP contribution in [-0.2, 0) is 23.9 Å². The topological polar surface area (TPSA) is 65.6 Å². The summed E-state index contributed by atoms with van der Waals surface area (Å²) < 4.78 is 44.5. The SMILES string of the molecule is COc1ccc(C(=O)N(CC(=O)N(CCc2c[nH]c3ccccc23)Cc2ccc(C(F)(F)F)cc2)CC(C)C)cc1. The molecule has 1 aromatic heterocycles. The lowest BCUT2D eigenvalue weighted by Gasteiger charge is -2.29. The first kappa shape index (κ1) is 29.7. The standard InChI is InChI=1S/C32H34F3N3O3/c1-22(2)19-38(31(40)24-10-14-27(41-3)15-11-24)21-30(39)37(20-23-8-12-26(13-9-23)32(33,34)35)17-16-25-18-36-29-7-5-4-6-28(25)29/h4-15,18,22,36H,16-17,19-21H2,1-3H3. The predicted octanol–water partition coefficient (Wildman–Crippen LogP) is 6.57. The Balaban J connectivity index is 1.56. The normalized spacial score (nSPS) is 11.6. The Hall–Kier alpha value is -4.27. The Labute approximate surface area is 237 Å². The highest BCUT2D eigenvalue weighted by molar-refractivity contribution is 5.96. The largest absolute Gasteiger partial charge is 0.497 e. The van der Waals surface area contributed by atoms with Crippen LogP contribution in [0.3, 0.4) is 0 Å². The Morgan fingerprint density at radius 1 is 0.927 bits per heavy atom. The molecule has 0 atom stereocenters. The van der Waals surface area contributed by atoms with E-state index < -0.39 is 11.7 Å². The third-order valence-corrected chi connectivity index (χ3v) is 6.87. The number of nitrogens with zero attached hydrogens (tertiary/aromatic N) is 2. The van der Waals surface area contributed by atoms with Crippen molar-refractivity contribution >= 4 is 22.7 Å². The van der Waals surface area contributed by atoms with Crippen LogP contribution in [0.4, 0.5) is 13.2 Å². The first-order valence-corrected chi connectivity index (χ1v) is 13.5. The highest BCUT2D eigenvalue weighted by Crippen LogP contribution is 2.29. The van der Waals surface area contributed by atoms with Crippen LogP contribution in [0.2, 0.25) is 0 Å². The molecule has 6 nitrogen and oxygen atoms in total. The zero-order chi connectivity index (χ0) is 29.6. The fraction of sp³-hybridized carbons (Fsp3) is 0.312. The fourth-order valence-electron chi connectivity index (χ4n) is 4.74. The van der Waals surface area contributed by atoms with Crippen molar-refractivity contribution in [1.29, 1.82) is 0 Å². The van der Waals surface area contributed by atoms with Gasteiger partial charge in [0.2, 0.25) is 5.91 Å². The fourth-order valence-corrected chi connectivity index (χ4v) is 4.74. The second-order valence-electron chi connectivity index (χ2n) is 10.4. The van der Waals surface area contributed by atoms with Crippen LogP contribution < -0.4 is 4.74 Å². The molecule has 0 saturated heterocycles. The predicted molar refractivity (Wildman–Crippen MR) is 153 cm³/mol. The van der Waals surface area contributed by atoms with E-state index in [9.17, 15) is 22.8 Å². The average molecular weight is 566 g/mol. The summed E-state index contributed by atoms with van der Waals surface area (Å²) in [6, 6.07) is 19.4. The number of ether oxygens (including phenoxy) is 1. The monoisotopic (exact) mass is 565 g/mol. The molecule has 0 saturated carbocycles. The summed E-state index contributed by atoms with van der Waals surface area (Å²) in [6.45, 7) is 4.59. The van der Waals surface area contributed by atoms with Gasteiger partial charge in [-0.15, -0.1) is 0 Å². The van der Waals surface area contributed by atoms with Crippen molar-refractivity contribution in [2.75, 3.05) is 26.7 Å². The molecule has 0 radical (unpaired) electrons. The van der Waals surface area contributed by atoms with Gasteiger partial charge in [0.15, 0.2) is 0 Å². The third-order valence-electron chi connectivity index (χ3n) is 6.87. The number of fused-ring (bicyclic) bond motifs is 1. The van der Waals surface area contributed by atoms with Crippen LogP contribution in [0.25, 0.3) is 10.9 Å². The number of nitrogens with one attached hydrogen (secondary N) is 1. The van der Waals surface area contributed by atoms with Gasteiger partial charge in [0, 0.05) is 42.3 Å². The summed E-state index contributed by atoms with van der Waals surface area (Å²) in [5.41, 5.74) is 2.27. The molecule has 4 rings (SSSR count). The van der Waals surface area contributed by atoms with E-state index in [0.717, 1.165) is 28.6 Å². The zero-order valence-electron chi connectivity index (χ0n) is 23.4. The summed E-state index contributed by atoms with van der Waals surface area (Å²) in [5.74, 6) is 0.167. The van der Waals surface area contributed by atoms with Gasteiger partial charge in [0.25, 0.3) is 5.91 Å². The summed E-state index contributed by atoms with van der Waals surface area (Å²) in [5, 5.41) is 1.05. The number of carbonyl (C=O) groups excluding carboxylic acids is 2. The maximum Gasteiger partial charge on any atom is 0.416 e. The number of para-hydroxylation sites is 1. The molecule has 216 valence electrons. The number of alkyl halides is 3. The number of hydrogen-bond acceptors (Lipinski definition) is 3. The van der Waals surface area contributed by atoms with Crippen molar-refractivity contribution in [1.82, 2.24) is 14.8 Å². The molecule has 0 aliphatic heterocycles. The van der Waals surface area contributed by atoms with Gasteiger partial charge >= 0.3 is 6.18 Å². The van der Waals surface area contributed by atoms with E-state index in [-0.39, 0.29) is 30.8 Å². The van der Waals surface area contributed by atoms with Crippen molar-refractivity contribution in [3.8, 4) is 5.75 Å². The Bertz CT molecular complexity index is 1460. The molecule has 4 aromatic rings. The Kier molecular flexibility index (Phi) is 9.37. The quantitative estimate of drug-likeness (QED) is 0.224. The maximum atomic E-state index is 13.7. The van der Waals surface area contributed by atoms with Gasteiger partial charge in [-0.2, -0.15) is 13.2 Å². The van der Waals surface area contributed by atoms with E-state index in [4.69, 9.17) is 4.74 Å². The van der Waals surface area contributed by atoms with Gasteiger partial charge < -0.3 is 19.5 Å². The van der Waals surface area contributed by atoms with E-state index in [1.807, 2.05) is 44.3 Å². The van der Waals surface area contributed by atoms with Crippen molar-refractivity contribution < 1.29 is 27.5 Å². The van der Waals surface area contributed by atoms with Crippen LogP contribution in [0, 0.1) is 5.92 Å². The third kappa shape index (κ3) is 7.68. The number of benzene rings is 3. The van der Waals surface area contributed by atoms with Gasteiger partial charge in [0.05, 0.1) is 12.7 Å². The molecule has 1 heterocycles. The van der Waals surface area contributed by atoms with Crippen LogP contribution in [0.5, 0.6) is 5.75 Å². The number of rotatable bonds is 11. The molecule has 0 aliphatic rings. The smallest absolute Gasteiger partial charge is 0.416 e. The van der Waals surface area contributed by atoms with E-state index >= 15 is 0 Å². The highest BCUT2D eigenvalue weighted by Gasteiger charge is 2.30. The molecule has 0 unspecified atom stereocenters. The first-order chi connectivity index (χ1) is 19.5. The van der Waals surface area contributed by atoms with Crippen molar-refractivity contribution in [3.63, 3.8) is 0 Å². The molecule has 41 heavy (non-hydrogen) atoms. The van der Waals surface area contributed by atoms with Gasteiger partial charge in [-0.05, 0) is 65.9 Å². The number of hydrogen-bond donors (Lipinski definition) is 1. The zero-order valence-corrected chi connectivity index (χ0v) is 23.4. The number of aromatic amines is 1. The second-order valence-corrected chi connectivity index (χ2v) is 10.4. The molecule has 3 aromatic carbocycles. The molecule has 2 amide bonds. The van der Waals surface area contributed by atoms with Crippen LogP contribution in [0.15, 0.2) is 79.0 Å². The average Bonchev–Trinajstić information content (AvgIpc) is 3.37. The minimum atomic E-state index is -4.44. The highest BCUT2D eigenvalue weighted by atomic mass is 19.4. The number of aromatic nitrogens is 1. The molecule has 0 bridgehead atoms. The van der Waals surface area contributed by atoms with E-state index in [0.29, 0.717) is 36.4 Å². The van der Waals surface area contributed by atoms with Gasteiger partial charge in [0.1, 0.15) is 12.3 Å². The molecular formula is C32H34F3N3O3. The van der Waals surface area contributed by atoms with Gasteiger partial charge in [-0.3, -0.25) is 9.59 Å². The number of carbonyl (C=O) groups is 2. The maximum absolute atomic E-state index is 13.7. The van der Waals surface area contributed by atoms with Crippen molar-refractivity contribution in [2.24, 2.45) is 5.92 Å². The number of H-pyrrole nitrogens is 1. The van der Waals surface area contributed by atoms with Crippen LogP contribution in [0.1, 0.15) is 40.9 Å². The number of halogens is 3. The molecular weight excluding hydrogens is 531 g/mol. The summed E-state index contributed by atoms with van der Waals surface area (Å²) in [7, 11) is 1.54. The number of methoxy groups -OCH3 is 1. The van der Waals surface area contributed by atoms with Crippen LogP contribution in [-0.4, -0.2) is 53.3 Å². The first-order valence-electron chi connectivity index (χ1n) is 13.5. The lowest BCUT2D eigenvalue weighted by atomic mass is 10.1. The van der Waals surface area contributed by atoms with Gasteiger partial charge in [-0.1, -0.05) is 44.2 Å². The second kappa shape index (κ2) is 12.9. The molecule has 0 aliphatic carbocycles. The van der Waals surface area contributed by atoms with Crippen molar-refractivity contribution in [3.05, 3.63) is 101 Å². The van der Waals surface area contributed by atoms with Crippen LogP contribution >= 0.6 is 0 Å². The molecule has 9 heteroatoms. The Morgan fingerprint density at radius 3 is 2.24 bits per heavy atom. The van der Waals surface area contributed by atoms with Crippen molar-refractivity contribution in [2.45, 2.75) is 33.0 Å². The van der Waals surface area contributed by atoms with E-state index in [2.05, 4.69) is 4.98 Å². The lowest BCUT2D eigenvalue weighted by Crippen LogP contribution is -2.44. The molecule has 0 fully saturated rings. The summed E-state index contributed by atoms with van der Waals surface area (Å²) in [6.07, 6.45) is -2.00. The van der Waals surface area contributed by atoms with E-state index in [1.165, 1.54) is 17.0 Å². The van der Waals surface area contributed by atoms with E-state index in [1.54, 1.807) is 36.3 Å². The van der Waals surface area contributed by atoms with Gasteiger partial charge in [-0.25, -0.2) is 0 Å². The Morgan fingerprint density at radius 2 is 1.61 bits per heavy atom. The molecule has 0 spiro atoms.